The fraction of sp³-hybridized carbons (Fsp3) is 0.200. The van der Waals surface area contributed by atoms with Crippen molar-refractivity contribution in [1.82, 2.24) is 14.5 Å². The number of nitrogens with zero attached hydrogens (tertiary/aromatic N) is 3. The first-order valence-corrected chi connectivity index (χ1v) is 4.45. The highest BCUT2D eigenvalue weighted by Crippen LogP contribution is 2.16. The number of aryl methyl sites for hydroxylation is 1. The van der Waals surface area contributed by atoms with Gasteiger partial charge in [0.05, 0.1) is 11.9 Å². The predicted molar refractivity (Wildman–Crippen MR) is 55.6 cm³/mol. The standard InChI is InChI=1S/C10H12N4/c1-8-3-4-12-7-9(8)14-6-5-13-10(14)11-2/h3-7H,1-2H3,(H,11,13). The van der Waals surface area contributed by atoms with Gasteiger partial charge in [-0.25, -0.2) is 4.98 Å². The molecule has 0 amide bonds. The second-order valence-electron chi connectivity index (χ2n) is 3.03. The minimum absolute atomic E-state index is 0.820. The van der Waals surface area contributed by atoms with Crippen LogP contribution in [0.4, 0.5) is 5.95 Å². The second kappa shape index (κ2) is 3.49. The van der Waals surface area contributed by atoms with Gasteiger partial charge in [-0.1, -0.05) is 0 Å². The third-order valence-electron chi connectivity index (χ3n) is 2.14. The van der Waals surface area contributed by atoms with Gasteiger partial charge in [-0.15, -0.1) is 0 Å². The van der Waals surface area contributed by atoms with Crippen LogP contribution in [-0.2, 0) is 0 Å². The van der Waals surface area contributed by atoms with E-state index in [0.717, 1.165) is 11.6 Å². The Balaban J connectivity index is 2.54. The molecular weight excluding hydrogens is 176 g/mol. The molecule has 0 aliphatic heterocycles. The zero-order valence-electron chi connectivity index (χ0n) is 8.23. The molecule has 0 bridgehead atoms. The largest absolute Gasteiger partial charge is 0.358 e. The molecule has 4 nitrogen and oxygen atoms in total. The summed E-state index contributed by atoms with van der Waals surface area (Å²) in [6.07, 6.45) is 7.29. The molecule has 0 aromatic carbocycles. The average Bonchev–Trinajstić information content (AvgIpc) is 2.66. The smallest absolute Gasteiger partial charge is 0.207 e. The summed E-state index contributed by atoms with van der Waals surface area (Å²) >= 11 is 0. The van der Waals surface area contributed by atoms with E-state index in [2.05, 4.69) is 22.2 Å². The molecule has 2 heterocycles. The first-order chi connectivity index (χ1) is 6.83. The van der Waals surface area contributed by atoms with E-state index in [-0.39, 0.29) is 0 Å². The van der Waals surface area contributed by atoms with E-state index in [1.165, 1.54) is 5.56 Å². The number of anilines is 1. The number of hydrogen-bond donors (Lipinski definition) is 1. The van der Waals surface area contributed by atoms with Gasteiger partial charge in [0.25, 0.3) is 0 Å². The fourth-order valence-electron chi connectivity index (χ4n) is 1.39. The number of pyridine rings is 1. The maximum atomic E-state index is 4.18. The van der Waals surface area contributed by atoms with Gasteiger partial charge in [0.2, 0.25) is 5.95 Å². The molecule has 0 spiro atoms. The first-order valence-electron chi connectivity index (χ1n) is 4.45. The molecule has 0 aliphatic rings. The number of rotatable bonds is 2. The molecule has 0 aliphatic carbocycles. The van der Waals surface area contributed by atoms with Crippen molar-refractivity contribution in [3.8, 4) is 5.69 Å². The molecule has 0 radical (unpaired) electrons. The summed E-state index contributed by atoms with van der Waals surface area (Å²) in [6, 6.07) is 1.98. The Kier molecular flexibility index (Phi) is 2.18. The summed E-state index contributed by atoms with van der Waals surface area (Å²) in [5.74, 6) is 0.820. The fourth-order valence-corrected chi connectivity index (χ4v) is 1.39. The van der Waals surface area contributed by atoms with Crippen LogP contribution in [0.5, 0.6) is 0 Å². The zero-order valence-corrected chi connectivity index (χ0v) is 8.23. The van der Waals surface area contributed by atoms with Crippen LogP contribution in [0.2, 0.25) is 0 Å². The van der Waals surface area contributed by atoms with E-state index in [1.54, 1.807) is 12.4 Å². The number of imidazole rings is 1. The molecule has 2 aromatic rings. The predicted octanol–water partition coefficient (Wildman–Crippen LogP) is 1.62. The van der Waals surface area contributed by atoms with Gasteiger partial charge in [0, 0.05) is 25.6 Å². The molecule has 72 valence electrons. The molecular formula is C10H12N4. The van der Waals surface area contributed by atoms with Crippen molar-refractivity contribution in [1.29, 1.82) is 0 Å². The van der Waals surface area contributed by atoms with Gasteiger partial charge in [0.1, 0.15) is 0 Å². The summed E-state index contributed by atoms with van der Waals surface area (Å²) < 4.78 is 1.97. The van der Waals surface area contributed by atoms with Crippen molar-refractivity contribution in [2.45, 2.75) is 6.92 Å². The lowest BCUT2D eigenvalue weighted by Crippen LogP contribution is -2.02. The molecule has 0 fully saturated rings. The summed E-state index contributed by atoms with van der Waals surface area (Å²) in [5, 5.41) is 3.03. The quantitative estimate of drug-likeness (QED) is 0.778. The van der Waals surface area contributed by atoms with Crippen LogP contribution in [0.1, 0.15) is 5.56 Å². The molecule has 0 saturated carbocycles. The number of nitrogens with one attached hydrogen (secondary N) is 1. The lowest BCUT2D eigenvalue weighted by atomic mass is 10.2. The Hall–Kier alpha value is -1.84. The molecule has 2 rings (SSSR count). The van der Waals surface area contributed by atoms with Crippen LogP contribution >= 0.6 is 0 Å². The summed E-state index contributed by atoms with van der Waals surface area (Å²) in [7, 11) is 1.85. The van der Waals surface area contributed by atoms with E-state index in [9.17, 15) is 0 Å². The maximum Gasteiger partial charge on any atom is 0.207 e. The molecule has 14 heavy (non-hydrogen) atoms. The highest BCUT2D eigenvalue weighted by Gasteiger charge is 2.04. The van der Waals surface area contributed by atoms with Crippen LogP contribution in [0.15, 0.2) is 30.9 Å². The monoisotopic (exact) mass is 188 g/mol. The summed E-state index contributed by atoms with van der Waals surface area (Å²) in [4.78, 5) is 8.28. The Morgan fingerprint density at radius 2 is 2.21 bits per heavy atom. The van der Waals surface area contributed by atoms with E-state index < -0.39 is 0 Å². The van der Waals surface area contributed by atoms with Crippen LogP contribution in [0, 0.1) is 6.92 Å². The minimum atomic E-state index is 0.820. The lowest BCUT2D eigenvalue weighted by molar-refractivity contribution is 1.02. The topological polar surface area (TPSA) is 42.7 Å². The maximum absolute atomic E-state index is 4.18. The lowest BCUT2D eigenvalue weighted by Gasteiger charge is -2.08. The van der Waals surface area contributed by atoms with Crippen molar-refractivity contribution >= 4 is 5.95 Å². The summed E-state index contributed by atoms with van der Waals surface area (Å²) in [6.45, 7) is 2.05. The Bertz CT molecular complexity index is 433. The molecule has 4 heteroatoms. The highest BCUT2D eigenvalue weighted by molar-refractivity contribution is 5.44. The van der Waals surface area contributed by atoms with Crippen molar-refractivity contribution in [2.24, 2.45) is 0 Å². The average molecular weight is 188 g/mol. The second-order valence-corrected chi connectivity index (χ2v) is 3.03. The van der Waals surface area contributed by atoms with Gasteiger partial charge < -0.3 is 5.32 Å². The van der Waals surface area contributed by atoms with Gasteiger partial charge in [-0.05, 0) is 18.6 Å². The third-order valence-corrected chi connectivity index (χ3v) is 2.14. The minimum Gasteiger partial charge on any atom is -0.358 e. The van der Waals surface area contributed by atoms with Crippen molar-refractivity contribution in [3.05, 3.63) is 36.4 Å². The van der Waals surface area contributed by atoms with Crippen molar-refractivity contribution in [2.75, 3.05) is 12.4 Å². The van der Waals surface area contributed by atoms with Gasteiger partial charge in [-0.3, -0.25) is 9.55 Å². The molecule has 0 atom stereocenters. The normalized spacial score (nSPS) is 10.1. The van der Waals surface area contributed by atoms with Gasteiger partial charge in [0.15, 0.2) is 0 Å². The van der Waals surface area contributed by atoms with E-state index in [1.807, 2.05) is 30.1 Å². The zero-order chi connectivity index (χ0) is 9.97. The molecule has 0 saturated heterocycles. The first kappa shape index (κ1) is 8.74. The van der Waals surface area contributed by atoms with Crippen LogP contribution in [0.25, 0.3) is 5.69 Å². The van der Waals surface area contributed by atoms with Crippen molar-refractivity contribution in [3.63, 3.8) is 0 Å². The summed E-state index contributed by atoms with van der Waals surface area (Å²) in [5.41, 5.74) is 2.23. The Morgan fingerprint density at radius 3 is 2.93 bits per heavy atom. The number of aromatic nitrogens is 3. The highest BCUT2D eigenvalue weighted by atomic mass is 15.2. The van der Waals surface area contributed by atoms with E-state index in [0.29, 0.717) is 0 Å². The van der Waals surface area contributed by atoms with E-state index in [4.69, 9.17) is 0 Å². The molecule has 1 N–H and O–H groups in total. The SMILES string of the molecule is CNc1nccn1-c1cnccc1C. The third kappa shape index (κ3) is 1.35. The number of hydrogen-bond acceptors (Lipinski definition) is 3. The Labute approximate surface area is 82.6 Å². The molecule has 0 unspecified atom stereocenters. The van der Waals surface area contributed by atoms with Gasteiger partial charge >= 0.3 is 0 Å². The Morgan fingerprint density at radius 1 is 1.36 bits per heavy atom. The van der Waals surface area contributed by atoms with E-state index >= 15 is 0 Å². The van der Waals surface area contributed by atoms with Crippen LogP contribution in [-0.4, -0.2) is 21.6 Å². The molecule has 2 aromatic heterocycles. The van der Waals surface area contributed by atoms with Crippen LogP contribution in [0.3, 0.4) is 0 Å². The van der Waals surface area contributed by atoms with Crippen molar-refractivity contribution < 1.29 is 0 Å². The van der Waals surface area contributed by atoms with Crippen LogP contribution < -0.4 is 5.32 Å². The van der Waals surface area contributed by atoms with Gasteiger partial charge in [-0.2, -0.15) is 0 Å².